The van der Waals surface area contributed by atoms with Crippen molar-refractivity contribution in [3.63, 3.8) is 0 Å². The molecular weight excluding hydrogens is 344 g/mol. The minimum Gasteiger partial charge on any atom is -0.493 e. The lowest BCUT2D eigenvalue weighted by Crippen LogP contribution is -2.38. The van der Waals surface area contributed by atoms with Crippen LogP contribution in [0.1, 0.15) is 22.8 Å². The maximum atomic E-state index is 12.5. The molecule has 0 saturated heterocycles. The third-order valence-electron chi connectivity index (χ3n) is 4.41. The zero-order valence-corrected chi connectivity index (χ0v) is 15.5. The lowest BCUT2D eigenvalue weighted by molar-refractivity contribution is -0.117. The van der Waals surface area contributed by atoms with Crippen molar-refractivity contribution < 1.29 is 19.1 Å². The molecule has 2 aromatic carbocycles. The van der Waals surface area contributed by atoms with Crippen LogP contribution in [0.4, 0.5) is 0 Å². The molecule has 0 fully saturated rings. The van der Waals surface area contributed by atoms with Gasteiger partial charge in [0.15, 0.2) is 11.5 Å². The van der Waals surface area contributed by atoms with Gasteiger partial charge in [0.1, 0.15) is 0 Å². The summed E-state index contributed by atoms with van der Waals surface area (Å²) >= 11 is 0. The number of carbonyl (C=O) groups is 2. The highest BCUT2D eigenvalue weighted by Gasteiger charge is 2.21. The molecule has 0 spiro atoms. The fourth-order valence-electron chi connectivity index (χ4n) is 3.08. The number of Topliss-reactive ketones (excluding diaryl/α,β-unsaturated/α-hetero) is 1. The van der Waals surface area contributed by atoms with Gasteiger partial charge in [0.2, 0.25) is 0 Å². The van der Waals surface area contributed by atoms with E-state index in [2.05, 4.69) is 10.3 Å². The molecule has 0 aliphatic heterocycles. The predicted octanol–water partition coefficient (Wildman–Crippen LogP) is 3.12. The number of aromatic nitrogens is 1. The quantitative estimate of drug-likeness (QED) is 0.497. The molecule has 0 saturated carbocycles. The van der Waals surface area contributed by atoms with Gasteiger partial charge in [0.25, 0.3) is 11.7 Å². The fourth-order valence-corrected chi connectivity index (χ4v) is 3.08. The molecule has 0 radical (unpaired) electrons. The molecule has 1 amide bonds. The maximum absolute atomic E-state index is 12.5. The van der Waals surface area contributed by atoms with E-state index in [0.717, 1.165) is 16.5 Å². The number of ketones is 1. The van der Waals surface area contributed by atoms with Crippen LogP contribution in [0.2, 0.25) is 0 Å². The summed E-state index contributed by atoms with van der Waals surface area (Å²) in [5.74, 6) is 0.107. The first-order valence-electron chi connectivity index (χ1n) is 8.65. The largest absolute Gasteiger partial charge is 0.493 e. The van der Waals surface area contributed by atoms with Gasteiger partial charge in [-0.3, -0.25) is 9.59 Å². The number of hydrogen-bond acceptors (Lipinski definition) is 4. The summed E-state index contributed by atoms with van der Waals surface area (Å²) in [6.45, 7) is 1.86. The van der Waals surface area contributed by atoms with Crippen molar-refractivity contribution >= 4 is 22.6 Å². The van der Waals surface area contributed by atoms with Gasteiger partial charge in [0, 0.05) is 23.1 Å². The molecule has 0 aliphatic rings. The highest BCUT2D eigenvalue weighted by atomic mass is 16.5. The second kappa shape index (κ2) is 7.95. The highest BCUT2D eigenvalue weighted by Crippen LogP contribution is 2.28. The summed E-state index contributed by atoms with van der Waals surface area (Å²) < 4.78 is 10.5. The summed E-state index contributed by atoms with van der Waals surface area (Å²) in [6, 6.07) is 12.8. The Balaban J connectivity index is 1.68. The van der Waals surface area contributed by atoms with Crippen molar-refractivity contribution in [1.82, 2.24) is 10.3 Å². The van der Waals surface area contributed by atoms with Crippen molar-refractivity contribution in [2.45, 2.75) is 19.4 Å². The number of H-pyrrole nitrogens is 1. The number of aromatic amines is 1. The lowest BCUT2D eigenvalue weighted by atomic mass is 10.1. The van der Waals surface area contributed by atoms with Gasteiger partial charge < -0.3 is 19.8 Å². The van der Waals surface area contributed by atoms with Crippen LogP contribution in [-0.4, -0.2) is 36.9 Å². The Kier molecular flexibility index (Phi) is 5.45. The third kappa shape index (κ3) is 3.95. The lowest BCUT2D eigenvalue weighted by Gasteiger charge is -2.15. The minimum absolute atomic E-state index is 0.218. The number of benzene rings is 2. The first-order chi connectivity index (χ1) is 13.0. The minimum atomic E-state index is -0.618. The van der Waals surface area contributed by atoms with Crippen molar-refractivity contribution in [2.24, 2.45) is 0 Å². The summed E-state index contributed by atoms with van der Waals surface area (Å²) in [5.41, 5.74) is 2.17. The molecule has 0 bridgehead atoms. The average molecular weight is 366 g/mol. The standard InChI is InChI=1S/C21H22N2O4/c1-13(10-14-8-9-18(26-2)19(11-14)27-3)23-21(25)20(24)16-12-22-17-7-5-4-6-15(16)17/h4-9,11-13,22H,10H2,1-3H3,(H,23,25)/t13-/m0/s1. The Bertz CT molecular complexity index is 977. The normalized spacial score (nSPS) is 11.8. The van der Waals surface area contributed by atoms with Gasteiger partial charge in [0.05, 0.1) is 19.8 Å². The third-order valence-corrected chi connectivity index (χ3v) is 4.41. The summed E-state index contributed by atoms with van der Waals surface area (Å²) in [5, 5.41) is 3.51. The molecular formula is C21H22N2O4. The number of ether oxygens (including phenoxy) is 2. The SMILES string of the molecule is COc1ccc(C[C@H](C)NC(=O)C(=O)c2c[nH]c3ccccc23)cc1OC. The molecule has 0 unspecified atom stereocenters. The van der Waals surface area contributed by atoms with Gasteiger partial charge in [-0.1, -0.05) is 24.3 Å². The molecule has 1 atom stereocenters. The van der Waals surface area contributed by atoms with Crippen LogP contribution in [0.15, 0.2) is 48.7 Å². The van der Waals surface area contributed by atoms with Crippen LogP contribution in [0, 0.1) is 0 Å². The van der Waals surface area contributed by atoms with Gasteiger partial charge in [-0.25, -0.2) is 0 Å². The van der Waals surface area contributed by atoms with Crippen LogP contribution in [0.25, 0.3) is 10.9 Å². The van der Waals surface area contributed by atoms with E-state index in [0.29, 0.717) is 23.5 Å². The first-order valence-corrected chi connectivity index (χ1v) is 8.65. The number of nitrogens with one attached hydrogen (secondary N) is 2. The number of rotatable bonds is 7. The van der Waals surface area contributed by atoms with Crippen LogP contribution < -0.4 is 14.8 Å². The van der Waals surface area contributed by atoms with Gasteiger partial charge >= 0.3 is 0 Å². The Labute approximate surface area is 157 Å². The molecule has 1 aromatic heterocycles. The molecule has 1 heterocycles. The molecule has 6 heteroatoms. The van der Waals surface area contributed by atoms with Crippen LogP contribution in [0.5, 0.6) is 11.5 Å². The van der Waals surface area contributed by atoms with E-state index in [1.807, 2.05) is 49.4 Å². The average Bonchev–Trinajstić information content (AvgIpc) is 3.11. The summed E-state index contributed by atoms with van der Waals surface area (Å²) in [7, 11) is 3.16. The molecule has 27 heavy (non-hydrogen) atoms. The number of fused-ring (bicyclic) bond motifs is 1. The van der Waals surface area contributed by atoms with E-state index in [1.165, 1.54) is 0 Å². The van der Waals surface area contributed by atoms with E-state index >= 15 is 0 Å². The van der Waals surface area contributed by atoms with Crippen molar-refractivity contribution in [3.05, 3.63) is 59.8 Å². The van der Waals surface area contributed by atoms with E-state index in [-0.39, 0.29) is 6.04 Å². The fraction of sp³-hybridized carbons (Fsp3) is 0.238. The molecule has 0 aliphatic carbocycles. The van der Waals surface area contributed by atoms with E-state index in [1.54, 1.807) is 20.4 Å². The maximum Gasteiger partial charge on any atom is 0.292 e. The van der Waals surface area contributed by atoms with Crippen LogP contribution >= 0.6 is 0 Å². The number of hydrogen-bond donors (Lipinski definition) is 2. The molecule has 3 aromatic rings. The first kappa shape index (κ1) is 18.5. The molecule has 3 rings (SSSR count). The van der Waals surface area contributed by atoms with Gasteiger partial charge in [-0.2, -0.15) is 0 Å². The van der Waals surface area contributed by atoms with Gasteiger partial charge in [-0.05, 0) is 37.1 Å². The number of methoxy groups -OCH3 is 2. The smallest absolute Gasteiger partial charge is 0.292 e. The van der Waals surface area contributed by atoms with Gasteiger partial charge in [-0.15, -0.1) is 0 Å². The second-order valence-electron chi connectivity index (χ2n) is 6.35. The zero-order valence-electron chi connectivity index (χ0n) is 15.5. The number of carbonyl (C=O) groups excluding carboxylic acids is 2. The summed E-state index contributed by atoms with van der Waals surface area (Å²) in [4.78, 5) is 27.9. The Morgan fingerprint density at radius 2 is 1.81 bits per heavy atom. The molecule has 2 N–H and O–H groups in total. The zero-order chi connectivity index (χ0) is 19.4. The van der Waals surface area contributed by atoms with Crippen LogP contribution in [-0.2, 0) is 11.2 Å². The number of para-hydroxylation sites is 1. The Morgan fingerprint density at radius 3 is 2.56 bits per heavy atom. The topological polar surface area (TPSA) is 80.4 Å². The van der Waals surface area contributed by atoms with Crippen molar-refractivity contribution in [2.75, 3.05) is 14.2 Å². The molecule has 6 nitrogen and oxygen atoms in total. The second-order valence-corrected chi connectivity index (χ2v) is 6.35. The van der Waals surface area contributed by atoms with E-state index in [4.69, 9.17) is 9.47 Å². The monoisotopic (exact) mass is 366 g/mol. The number of amides is 1. The van der Waals surface area contributed by atoms with Crippen LogP contribution in [0.3, 0.4) is 0 Å². The van der Waals surface area contributed by atoms with E-state index in [9.17, 15) is 9.59 Å². The van der Waals surface area contributed by atoms with Crippen molar-refractivity contribution in [3.8, 4) is 11.5 Å². The molecule has 140 valence electrons. The predicted molar refractivity (Wildman–Crippen MR) is 103 cm³/mol. The summed E-state index contributed by atoms with van der Waals surface area (Å²) in [6.07, 6.45) is 2.14. The highest BCUT2D eigenvalue weighted by molar-refractivity contribution is 6.45. The van der Waals surface area contributed by atoms with E-state index < -0.39 is 11.7 Å². The Hall–Kier alpha value is -3.28. The van der Waals surface area contributed by atoms with Crippen molar-refractivity contribution in [1.29, 1.82) is 0 Å². The Morgan fingerprint density at radius 1 is 1.07 bits per heavy atom.